The van der Waals surface area contributed by atoms with E-state index in [9.17, 15) is 0 Å². The van der Waals surface area contributed by atoms with Gasteiger partial charge in [0.15, 0.2) is 11.5 Å². The van der Waals surface area contributed by atoms with Crippen molar-refractivity contribution in [2.24, 2.45) is 0 Å². The standard InChI is InChI=1S/C16H27NO4/c1-13(2)20-9-4-7-17-12-14-5-6-15(21-10-8-18)16(11-14)19-3/h5-6,11,13,17-18H,4,7-10,12H2,1-3H3. The summed E-state index contributed by atoms with van der Waals surface area (Å²) in [5.74, 6) is 1.34. The molecule has 0 aliphatic heterocycles. The van der Waals surface area contributed by atoms with Crippen LogP contribution in [0.3, 0.4) is 0 Å². The van der Waals surface area contributed by atoms with Crippen LogP contribution in [0.1, 0.15) is 25.8 Å². The van der Waals surface area contributed by atoms with Crippen LogP contribution in [0.25, 0.3) is 0 Å². The van der Waals surface area contributed by atoms with Gasteiger partial charge in [0.1, 0.15) is 6.61 Å². The SMILES string of the molecule is COc1cc(CNCCCOC(C)C)ccc1OCCO. The lowest BCUT2D eigenvalue weighted by molar-refractivity contribution is 0.0770. The molecule has 0 radical (unpaired) electrons. The highest BCUT2D eigenvalue weighted by atomic mass is 16.5. The molecule has 0 fully saturated rings. The van der Waals surface area contributed by atoms with Gasteiger partial charge in [0.25, 0.3) is 0 Å². The number of rotatable bonds is 11. The van der Waals surface area contributed by atoms with Crippen molar-refractivity contribution in [3.63, 3.8) is 0 Å². The van der Waals surface area contributed by atoms with Crippen molar-refractivity contribution >= 4 is 0 Å². The van der Waals surface area contributed by atoms with E-state index in [0.717, 1.165) is 31.7 Å². The second-order valence-corrected chi connectivity index (χ2v) is 5.01. The van der Waals surface area contributed by atoms with Gasteiger partial charge in [-0.1, -0.05) is 6.07 Å². The van der Waals surface area contributed by atoms with E-state index in [1.165, 1.54) is 0 Å². The van der Waals surface area contributed by atoms with E-state index in [2.05, 4.69) is 5.32 Å². The molecule has 1 aromatic carbocycles. The Kier molecular flexibility index (Phi) is 8.82. The highest BCUT2D eigenvalue weighted by molar-refractivity contribution is 5.42. The Labute approximate surface area is 127 Å². The van der Waals surface area contributed by atoms with Crippen molar-refractivity contribution in [3.8, 4) is 11.5 Å². The molecule has 0 aliphatic rings. The Morgan fingerprint density at radius 2 is 2.00 bits per heavy atom. The van der Waals surface area contributed by atoms with Gasteiger partial charge < -0.3 is 24.6 Å². The summed E-state index contributed by atoms with van der Waals surface area (Å²) in [7, 11) is 1.61. The quantitative estimate of drug-likeness (QED) is 0.612. The Bertz CT molecular complexity index is 396. The zero-order valence-electron chi connectivity index (χ0n) is 13.2. The third-order valence-corrected chi connectivity index (χ3v) is 2.86. The summed E-state index contributed by atoms with van der Waals surface area (Å²) in [4.78, 5) is 0. The monoisotopic (exact) mass is 297 g/mol. The van der Waals surface area contributed by atoms with Crippen LogP contribution >= 0.6 is 0 Å². The van der Waals surface area contributed by atoms with Crippen molar-refractivity contribution in [2.45, 2.75) is 32.9 Å². The maximum absolute atomic E-state index is 8.78. The van der Waals surface area contributed by atoms with Gasteiger partial charge in [-0.3, -0.25) is 0 Å². The first kappa shape index (κ1) is 17.8. The molecular weight excluding hydrogens is 270 g/mol. The van der Waals surface area contributed by atoms with Crippen molar-refractivity contribution in [2.75, 3.05) is 33.5 Å². The van der Waals surface area contributed by atoms with Crippen molar-refractivity contribution < 1.29 is 19.3 Å². The van der Waals surface area contributed by atoms with Crippen LogP contribution in [0.5, 0.6) is 11.5 Å². The molecule has 0 spiro atoms. The number of ether oxygens (including phenoxy) is 3. The minimum absolute atomic E-state index is 0.00902. The highest BCUT2D eigenvalue weighted by Crippen LogP contribution is 2.27. The molecule has 120 valence electrons. The second kappa shape index (κ2) is 10.4. The van der Waals surface area contributed by atoms with Gasteiger partial charge in [-0.25, -0.2) is 0 Å². The van der Waals surface area contributed by atoms with Gasteiger partial charge in [0, 0.05) is 13.2 Å². The van der Waals surface area contributed by atoms with E-state index >= 15 is 0 Å². The predicted molar refractivity (Wildman–Crippen MR) is 83.0 cm³/mol. The first-order valence-corrected chi connectivity index (χ1v) is 7.40. The fraction of sp³-hybridized carbons (Fsp3) is 0.625. The summed E-state index contributed by atoms with van der Waals surface area (Å²) in [5.41, 5.74) is 1.13. The van der Waals surface area contributed by atoms with Gasteiger partial charge in [-0.15, -0.1) is 0 Å². The number of methoxy groups -OCH3 is 1. The van der Waals surface area contributed by atoms with Crippen LogP contribution in [0.2, 0.25) is 0 Å². The first-order valence-electron chi connectivity index (χ1n) is 7.40. The molecule has 0 amide bonds. The second-order valence-electron chi connectivity index (χ2n) is 5.01. The van der Waals surface area contributed by atoms with Gasteiger partial charge in [-0.05, 0) is 44.5 Å². The summed E-state index contributed by atoms with van der Waals surface area (Å²) in [5, 5.41) is 12.2. The molecule has 0 saturated heterocycles. The van der Waals surface area contributed by atoms with Gasteiger partial charge >= 0.3 is 0 Å². The molecule has 0 saturated carbocycles. The maximum atomic E-state index is 8.78. The smallest absolute Gasteiger partial charge is 0.161 e. The van der Waals surface area contributed by atoms with Crippen molar-refractivity contribution in [3.05, 3.63) is 23.8 Å². The third-order valence-electron chi connectivity index (χ3n) is 2.86. The Balaban J connectivity index is 2.35. The van der Waals surface area contributed by atoms with E-state index in [0.29, 0.717) is 17.6 Å². The minimum Gasteiger partial charge on any atom is -0.493 e. The third kappa shape index (κ3) is 7.32. The lowest BCUT2D eigenvalue weighted by Gasteiger charge is -2.12. The highest BCUT2D eigenvalue weighted by Gasteiger charge is 2.05. The molecule has 0 aromatic heterocycles. The first-order chi connectivity index (χ1) is 10.2. The Morgan fingerprint density at radius 1 is 1.19 bits per heavy atom. The molecule has 21 heavy (non-hydrogen) atoms. The van der Waals surface area contributed by atoms with Crippen molar-refractivity contribution in [1.29, 1.82) is 0 Å². The molecule has 0 aliphatic carbocycles. The zero-order valence-corrected chi connectivity index (χ0v) is 13.2. The van der Waals surface area contributed by atoms with E-state index < -0.39 is 0 Å². The van der Waals surface area contributed by atoms with Crippen LogP contribution in [0.4, 0.5) is 0 Å². The predicted octanol–water partition coefficient (Wildman–Crippen LogP) is 1.97. The molecule has 0 atom stereocenters. The number of aliphatic hydroxyl groups is 1. The van der Waals surface area contributed by atoms with Crippen LogP contribution in [-0.2, 0) is 11.3 Å². The minimum atomic E-state index is -0.00902. The fourth-order valence-electron chi connectivity index (χ4n) is 1.85. The lowest BCUT2D eigenvalue weighted by atomic mass is 10.2. The van der Waals surface area contributed by atoms with Crippen LogP contribution in [0, 0.1) is 0 Å². The summed E-state index contributed by atoms with van der Waals surface area (Å²) >= 11 is 0. The summed E-state index contributed by atoms with van der Waals surface area (Å²) in [6.07, 6.45) is 1.29. The largest absolute Gasteiger partial charge is 0.493 e. The Morgan fingerprint density at radius 3 is 2.67 bits per heavy atom. The number of hydrogen-bond donors (Lipinski definition) is 2. The van der Waals surface area contributed by atoms with E-state index in [-0.39, 0.29) is 13.2 Å². The number of aliphatic hydroxyl groups excluding tert-OH is 1. The molecule has 2 N–H and O–H groups in total. The van der Waals surface area contributed by atoms with Crippen LogP contribution in [-0.4, -0.2) is 44.7 Å². The average molecular weight is 297 g/mol. The maximum Gasteiger partial charge on any atom is 0.161 e. The molecule has 0 unspecified atom stereocenters. The molecule has 0 heterocycles. The van der Waals surface area contributed by atoms with Crippen molar-refractivity contribution in [1.82, 2.24) is 5.32 Å². The van der Waals surface area contributed by atoms with Gasteiger partial charge in [0.05, 0.1) is 19.8 Å². The van der Waals surface area contributed by atoms with Crippen LogP contribution < -0.4 is 14.8 Å². The topological polar surface area (TPSA) is 60.0 Å². The molecule has 0 bridgehead atoms. The summed E-state index contributed by atoms with van der Waals surface area (Å²) in [6.45, 7) is 6.81. The molecule has 5 heteroatoms. The molecule has 5 nitrogen and oxygen atoms in total. The van der Waals surface area contributed by atoms with Crippen LogP contribution in [0.15, 0.2) is 18.2 Å². The average Bonchev–Trinajstić information content (AvgIpc) is 2.48. The number of hydrogen-bond acceptors (Lipinski definition) is 5. The summed E-state index contributed by atoms with van der Waals surface area (Å²) < 4.78 is 16.2. The molecule has 1 aromatic rings. The molecular formula is C16H27NO4. The zero-order chi connectivity index (χ0) is 15.5. The van der Waals surface area contributed by atoms with Gasteiger partial charge in [-0.2, -0.15) is 0 Å². The number of nitrogens with one attached hydrogen (secondary N) is 1. The Hall–Kier alpha value is -1.30. The fourth-order valence-corrected chi connectivity index (χ4v) is 1.85. The van der Waals surface area contributed by atoms with E-state index in [1.807, 2.05) is 32.0 Å². The lowest BCUT2D eigenvalue weighted by Crippen LogP contribution is -2.17. The summed E-state index contributed by atoms with van der Waals surface area (Å²) in [6, 6.07) is 5.81. The van der Waals surface area contributed by atoms with E-state index in [4.69, 9.17) is 19.3 Å². The number of benzene rings is 1. The molecule has 1 rings (SSSR count). The van der Waals surface area contributed by atoms with E-state index in [1.54, 1.807) is 7.11 Å². The van der Waals surface area contributed by atoms with Gasteiger partial charge in [0.2, 0.25) is 0 Å². The normalized spacial score (nSPS) is 10.9.